The molecule has 374 valence electrons. The van der Waals surface area contributed by atoms with E-state index in [1.54, 1.807) is 39.8 Å². The number of hydrogen-bond acceptors (Lipinski definition) is 11. The van der Waals surface area contributed by atoms with Crippen LogP contribution in [0.2, 0.25) is 10.0 Å². The first-order valence-corrected chi connectivity index (χ1v) is 24.4. The number of anilines is 2. The van der Waals surface area contributed by atoms with Crippen molar-refractivity contribution in [2.24, 2.45) is 23.7 Å². The molecule has 8 rings (SSSR count). The minimum atomic E-state index is -1.33. The molecule has 2 unspecified atom stereocenters. The zero-order chi connectivity index (χ0) is 50.7. The van der Waals surface area contributed by atoms with Gasteiger partial charge in [0, 0.05) is 41.3 Å². The van der Waals surface area contributed by atoms with E-state index in [4.69, 9.17) is 42.5 Å². The van der Waals surface area contributed by atoms with Crippen LogP contribution in [0, 0.1) is 23.7 Å². The average Bonchev–Trinajstić information content (AvgIpc) is 3.30. The van der Waals surface area contributed by atoms with E-state index in [-0.39, 0.29) is 71.9 Å². The summed E-state index contributed by atoms with van der Waals surface area (Å²) >= 11 is 13.1. The van der Waals surface area contributed by atoms with Gasteiger partial charge in [0.1, 0.15) is 23.7 Å². The topological polar surface area (TPSA) is 207 Å². The second-order valence-electron chi connectivity index (χ2n) is 19.9. The summed E-state index contributed by atoms with van der Waals surface area (Å²) < 4.78 is 17.5. The maximum absolute atomic E-state index is 12.3. The van der Waals surface area contributed by atoms with Gasteiger partial charge >= 0.3 is 35.5 Å². The molecule has 6 N–H and O–H groups in total. The standard InChI is InChI=1S/C29H36ClNO4.C24H28ClNO6.CH3O.Na/c1-7-20-15-23(27(34-18(4)32)17(3)16(20)2)21-9-10-24(30)22(14-21)12-19-8-11-26-25(13-19)31-28(33)29(5,6)35-26;1-24(2)23(31)26-18-8-12(3-6-19(18)32-24)7-14-9-13(4-5-17(14)25)16-10-15(11-27)20(28)22(30)21(16)29;1-2;/h8-11,13-14,16-17,20,23,27H,7,12,15H2,1-6H3,(H,31,33);3-6,8-9,15-16,20-22,27-30H,7,10-11H2,1-2H3,(H,26,31);1H3;/q;;-1;+1/t16-,17-,20-,23?,27+;15-,16?,20-,21+,22+;;/m01../s1. The molecule has 2 aliphatic heterocycles. The molecule has 13 nitrogen and oxygen atoms in total. The van der Waals surface area contributed by atoms with Crippen LogP contribution in [0.15, 0.2) is 72.8 Å². The fourth-order valence-electron chi connectivity index (χ4n) is 10.2. The van der Waals surface area contributed by atoms with Gasteiger partial charge in [-0.1, -0.05) is 86.8 Å². The number of amides is 2. The third-order valence-electron chi connectivity index (χ3n) is 14.5. The van der Waals surface area contributed by atoms with E-state index in [1.165, 1.54) is 6.92 Å². The molecule has 4 aromatic carbocycles. The number of rotatable bonds is 9. The van der Waals surface area contributed by atoms with Gasteiger partial charge < -0.3 is 50.4 Å². The molecule has 0 aromatic heterocycles. The van der Waals surface area contributed by atoms with Gasteiger partial charge in [-0.2, -0.15) is 7.11 Å². The Morgan fingerprint density at radius 1 is 0.700 bits per heavy atom. The van der Waals surface area contributed by atoms with Gasteiger partial charge in [0.05, 0.1) is 23.6 Å². The monoisotopic (exact) mass is 1010 g/mol. The zero-order valence-corrected chi connectivity index (χ0v) is 45.4. The van der Waals surface area contributed by atoms with Crippen LogP contribution in [0.3, 0.4) is 0 Å². The Morgan fingerprint density at radius 3 is 1.60 bits per heavy atom. The number of halogens is 2. The Kier molecular flexibility index (Phi) is 19.5. The maximum Gasteiger partial charge on any atom is 1.00 e. The van der Waals surface area contributed by atoms with E-state index < -0.39 is 41.3 Å². The molecule has 0 radical (unpaired) electrons. The van der Waals surface area contributed by atoms with Crippen molar-refractivity contribution in [3.63, 3.8) is 0 Å². The van der Waals surface area contributed by atoms with Crippen molar-refractivity contribution in [1.82, 2.24) is 0 Å². The molecule has 2 amide bonds. The van der Waals surface area contributed by atoms with Gasteiger partial charge in [-0.05, 0) is 141 Å². The number of nitrogens with one attached hydrogen (secondary N) is 2. The van der Waals surface area contributed by atoms with E-state index in [2.05, 4.69) is 43.5 Å². The number of hydrogen-bond donors (Lipinski definition) is 6. The summed E-state index contributed by atoms with van der Waals surface area (Å²) in [5.41, 5.74) is 5.16. The normalized spacial score (nSPS) is 27.1. The van der Waals surface area contributed by atoms with Crippen molar-refractivity contribution in [2.75, 3.05) is 24.4 Å². The van der Waals surface area contributed by atoms with Gasteiger partial charge in [0.15, 0.2) is 11.2 Å². The number of esters is 1. The predicted octanol–water partition coefficient (Wildman–Crippen LogP) is 4.96. The van der Waals surface area contributed by atoms with Crippen molar-refractivity contribution >= 4 is 52.4 Å². The molecule has 0 bridgehead atoms. The van der Waals surface area contributed by atoms with Crippen molar-refractivity contribution in [3.05, 3.63) is 116 Å². The average molecular weight is 1010 g/mol. The Hall–Kier alpha value is -3.73. The Morgan fingerprint density at radius 2 is 1.16 bits per heavy atom. The minimum Gasteiger partial charge on any atom is -0.857 e. The van der Waals surface area contributed by atoms with Crippen LogP contribution in [0.4, 0.5) is 11.4 Å². The zero-order valence-electron chi connectivity index (χ0n) is 41.8. The number of ether oxygens (including phenoxy) is 3. The van der Waals surface area contributed by atoms with E-state index in [9.17, 15) is 34.8 Å². The molecule has 0 saturated heterocycles. The van der Waals surface area contributed by atoms with Gasteiger partial charge in [-0.25, -0.2) is 0 Å². The van der Waals surface area contributed by atoms with Gasteiger partial charge in [-0.3, -0.25) is 14.4 Å². The van der Waals surface area contributed by atoms with Crippen LogP contribution in [0.5, 0.6) is 11.5 Å². The summed E-state index contributed by atoms with van der Waals surface area (Å²) in [5.74, 6) is 1.16. The maximum atomic E-state index is 12.3. The van der Waals surface area contributed by atoms with Gasteiger partial charge in [0.25, 0.3) is 11.8 Å². The van der Waals surface area contributed by atoms with Gasteiger partial charge in [0.2, 0.25) is 0 Å². The first-order chi connectivity index (χ1) is 32.6. The van der Waals surface area contributed by atoms with Crippen LogP contribution in [-0.2, 0) is 32.0 Å². The molecular weight excluding hydrogens is 946 g/mol. The molecule has 4 aliphatic rings. The fraction of sp³-hybridized carbons (Fsp3) is 0.500. The summed E-state index contributed by atoms with van der Waals surface area (Å²) in [6.45, 7) is 14.9. The first-order valence-electron chi connectivity index (χ1n) is 23.7. The second kappa shape index (κ2) is 23.9. The molecule has 4 aromatic rings. The molecule has 16 heteroatoms. The van der Waals surface area contributed by atoms with Crippen LogP contribution < -0.4 is 54.8 Å². The first kappa shape index (κ1) is 57.2. The Labute approximate surface area is 443 Å². The smallest absolute Gasteiger partial charge is 0.857 e. The molecule has 2 fully saturated rings. The van der Waals surface area contributed by atoms with Crippen LogP contribution in [0.25, 0.3) is 0 Å². The minimum absolute atomic E-state index is 0. The van der Waals surface area contributed by atoms with Crippen LogP contribution >= 0.6 is 23.2 Å². The summed E-state index contributed by atoms with van der Waals surface area (Å²) in [5, 5.41) is 55.7. The number of fused-ring (bicyclic) bond motifs is 2. The van der Waals surface area contributed by atoms with Crippen molar-refractivity contribution in [3.8, 4) is 11.5 Å². The van der Waals surface area contributed by atoms with Crippen LogP contribution in [-0.4, -0.2) is 87.5 Å². The van der Waals surface area contributed by atoms with Crippen molar-refractivity contribution in [2.45, 2.75) is 135 Å². The molecule has 0 spiro atoms. The summed E-state index contributed by atoms with van der Waals surface area (Å²) in [6, 6.07) is 23.0. The van der Waals surface area contributed by atoms with Gasteiger partial charge in [-0.15, -0.1) is 0 Å². The summed E-state index contributed by atoms with van der Waals surface area (Å²) in [6.07, 6.45) is -0.276. The van der Waals surface area contributed by atoms with Crippen LogP contribution in [0.1, 0.15) is 120 Å². The quantitative estimate of drug-likeness (QED) is 0.0977. The number of aliphatic hydroxyl groups excluding tert-OH is 4. The molecule has 2 heterocycles. The number of carbonyl (C=O) groups is 3. The van der Waals surface area contributed by atoms with Crippen molar-refractivity contribution < 1.29 is 83.7 Å². The summed E-state index contributed by atoms with van der Waals surface area (Å²) in [7, 11) is 0.750. The number of aliphatic hydroxyl groups is 4. The van der Waals surface area contributed by atoms with Crippen molar-refractivity contribution in [1.29, 1.82) is 0 Å². The van der Waals surface area contributed by atoms with E-state index >= 15 is 0 Å². The SMILES string of the molecule is CC1(C)Oc2ccc(Cc3cc(C4C[C@H](CO)[C@@H](O)[C@H](O)[C@H]4O)ccc3Cl)cc2NC1=O.CC[C@H]1CC(c2ccc(Cl)c(Cc3ccc4c(c3)NC(=O)C(C)(C)O4)c2)[C@H](OC(C)=O)[C@@H](C)[C@@H]1C.C[O-].[Na+]. The van der Waals surface area contributed by atoms with E-state index in [1.807, 2.05) is 48.5 Å². The predicted molar refractivity (Wildman–Crippen MR) is 265 cm³/mol. The third-order valence-corrected chi connectivity index (χ3v) is 15.2. The molecule has 2 aliphatic carbocycles. The fourth-order valence-corrected chi connectivity index (χ4v) is 10.5. The number of benzene rings is 4. The van der Waals surface area contributed by atoms with E-state index in [0.29, 0.717) is 64.0 Å². The molecule has 2 saturated carbocycles. The third kappa shape index (κ3) is 12.7. The molecular formula is C54H67Cl2N2NaO11. The number of carbonyl (C=O) groups excluding carboxylic acids is 3. The Balaban J connectivity index is 0.000000249. The largest absolute Gasteiger partial charge is 1.00 e. The second-order valence-corrected chi connectivity index (χ2v) is 20.7. The Bertz CT molecular complexity index is 2500. The van der Waals surface area contributed by atoms with E-state index in [0.717, 1.165) is 53.3 Å². The molecule has 70 heavy (non-hydrogen) atoms. The molecule has 10 atom stereocenters. The summed E-state index contributed by atoms with van der Waals surface area (Å²) in [4.78, 5) is 36.5.